The predicted octanol–water partition coefficient (Wildman–Crippen LogP) is 7.37. The van der Waals surface area contributed by atoms with Crippen molar-refractivity contribution in [1.82, 2.24) is 20.4 Å². The molecule has 1 aliphatic rings. The summed E-state index contributed by atoms with van der Waals surface area (Å²) in [6.45, 7) is 8.91. The zero-order chi connectivity index (χ0) is 36.9. The number of rotatable bonds is 12. The molecule has 0 unspecified atom stereocenters. The average Bonchev–Trinajstić information content (AvgIpc) is 3.56. The average molecular weight is 717 g/mol. The van der Waals surface area contributed by atoms with Crippen molar-refractivity contribution >= 4 is 29.4 Å². The third kappa shape index (κ3) is 8.14. The van der Waals surface area contributed by atoms with Gasteiger partial charge in [0.1, 0.15) is 24.2 Å². The van der Waals surface area contributed by atoms with Crippen LogP contribution in [0.1, 0.15) is 85.2 Å². The highest BCUT2D eigenvalue weighted by atomic mass is 35.5. The number of aromatic amines is 1. The van der Waals surface area contributed by atoms with Gasteiger partial charge in [0.25, 0.3) is 5.91 Å². The number of hydrogen-bond donors (Lipinski definition) is 2. The second kappa shape index (κ2) is 15.9. The fraction of sp³-hybridized carbons (Fsp3) is 0.359. The maximum absolute atomic E-state index is 14.7. The number of nitrogens with one attached hydrogen (secondary N) is 2. The normalized spacial score (nSPS) is 16.4. The van der Waals surface area contributed by atoms with Crippen molar-refractivity contribution in [3.05, 3.63) is 122 Å². The number of nitrogens with zero attached hydrogens (tertiary/aromatic N) is 2. The number of halogens is 2. The predicted molar refractivity (Wildman–Crippen MR) is 191 cm³/mol. The van der Waals surface area contributed by atoms with E-state index in [0.29, 0.717) is 48.3 Å². The second-order valence-electron chi connectivity index (χ2n) is 13.0. The van der Waals surface area contributed by atoms with Crippen LogP contribution in [0.25, 0.3) is 0 Å². The first-order chi connectivity index (χ1) is 24.4. The minimum Gasteiger partial charge on any atom is -0.460 e. The van der Waals surface area contributed by atoms with Gasteiger partial charge in [0.15, 0.2) is 5.75 Å². The Morgan fingerprint density at radius 3 is 2.41 bits per heavy atom. The summed E-state index contributed by atoms with van der Waals surface area (Å²) in [6, 6.07) is 17.5. The Morgan fingerprint density at radius 2 is 1.75 bits per heavy atom. The minimum absolute atomic E-state index is 0.0653. The van der Waals surface area contributed by atoms with Crippen molar-refractivity contribution in [2.24, 2.45) is 5.41 Å². The molecule has 12 heteroatoms. The van der Waals surface area contributed by atoms with Crippen LogP contribution in [0.15, 0.2) is 77.6 Å². The molecule has 0 saturated carbocycles. The summed E-state index contributed by atoms with van der Waals surface area (Å²) in [4.78, 5) is 55.8. The van der Waals surface area contributed by atoms with E-state index in [-0.39, 0.29) is 22.9 Å². The number of benzene rings is 3. The van der Waals surface area contributed by atoms with Gasteiger partial charge in [0, 0.05) is 22.7 Å². The van der Waals surface area contributed by atoms with Crippen molar-refractivity contribution in [3.8, 4) is 11.5 Å². The van der Waals surface area contributed by atoms with E-state index in [9.17, 15) is 23.6 Å². The van der Waals surface area contributed by atoms with Gasteiger partial charge in [-0.05, 0) is 99.5 Å². The van der Waals surface area contributed by atoms with E-state index < -0.39 is 52.7 Å². The lowest BCUT2D eigenvalue weighted by Gasteiger charge is -2.43. The van der Waals surface area contributed by atoms with Gasteiger partial charge in [-0.1, -0.05) is 55.8 Å². The number of aryl methyl sites for hydroxylation is 2. The number of H-pyrrole nitrogens is 1. The van der Waals surface area contributed by atoms with Crippen molar-refractivity contribution in [1.29, 1.82) is 0 Å². The van der Waals surface area contributed by atoms with Gasteiger partial charge in [0.05, 0.1) is 17.2 Å². The van der Waals surface area contributed by atoms with Crippen LogP contribution in [0.2, 0.25) is 5.02 Å². The first-order valence-corrected chi connectivity index (χ1v) is 17.4. The first-order valence-electron chi connectivity index (χ1n) is 17.0. The van der Waals surface area contributed by atoms with Crippen LogP contribution in [0.3, 0.4) is 0 Å². The van der Waals surface area contributed by atoms with Crippen molar-refractivity contribution < 1.29 is 28.2 Å². The van der Waals surface area contributed by atoms with E-state index in [1.165, 1.54) is 24.3 Å². The number of amides is 2. The topological polar surface area (TPSA) is 131 Å². The Kier molecular flexibility index (Phi) is 11.6. The van der Waals surface area contributed by atoms with Gasteiger partial charge in [-0.3, -0.25) is 19.2 Å². The molecule has 0 spiro atoms. The van der Waals surface area contributed by atoms with Crippen molar-refractivity contribution in [2.45, 2.75) is 85.0 Å². The molecule has 0 bridgehead atoms. The van der Waals surface area contributed by atoms with E-state index in [1.54, 1.807) is 43.9 Å². The van der Waals surface area contributed by atoms with Gasteiger partial charge in [-0.2, -0.15) is 5.10 Å². The largest absolute Gasteiger partial charge is 0.460 e. The molecule has 10 nitrogen and oxygen atoms in total. The van der Waals surface area contributed by atoms with E-state index >= 15 is 0 Å². The molecule has 51 heavy (non-hydrogen) atoms. The van der Waals surface area contributed by atoms with Crippen LogP contribution in [0, 0.1) is 25.1 Å². The summed E-state index contributed by atoms with van der Waals surface area (Å²) >= 11 is 6.27. The number of carbonyl (C=O) groups is 3. The molecule has 2 amide bonds. The number of aromatic nitrogens is 2. The summed E-state index contributed by atoms with van der Waals surface area (Å²) in [7, 11) is 0. The fourth-order valence-electron chi connectivity index (χ4n) is 6.91. The van der Waals surface area contributed by atoms with E-state index in [4.69, 9.17) is 21.1 Å². The molecule has 1 saturated heterocycles. The number of carbonyl (C=O) groups excluding carboxylic acids is 3. The highest BCUT2D eigenvalue weighted by molar-refractivity contribution is 6.30. The van der Waals surface area contributed by atoms with Gasteiger partial charge >= 0.3 is 11.5 Å². The number of esters is 1. The van der Waals surface area contributed by atoms with E-state index in [2.05, 4.69) is 15.5 Å². The molecule has 5 rings (SSSR count). The smallest absolute Gasteiger partial charge is 0.314 e. The summed E-state index contributed by atoms with van der Waals surface area (Å²) in [6.07, 6.45) is 1.68. The van der Waals surface area contributed by atoms with E-state index in [0.717, 1.165) is 5.56 Å². The Morgan fingerprint density at radius 1 is 1.02 bits per heavy atom. The van der Waals surface area contributed by atoms with Crippen LogP contribution in [-0.4, -0.2) is 45.0 Å². The van der Waals surface area contributed by atoms with Crippen LogP contribution < -0.4 is 15.6 Å². The van der Waals surface area contributed by atoms with Crippen molar-refractivity contribution in [2.75, 3.05) is 0 Å². The highest BCUT2D eigenvalue weighted by Gasteiger charge is 2.53. The van der Waals surface area contributed by atoms with Gasteiger partial charge in [0.2, 0.25) is 5.91 Å². The Bertz CT molecular complexity index is 1940. The summed E-state index contributed by atoms with van der Waals surface area (Å²) in [5.74, 6) is -1.46. The fourth-order valence-corrected chi connectivity index (χ4v) is 7.15. The van der Waals surface area contributed by atoms with Crippen LogP contribution in [-0.2, 0) is 20.9 Å². The molecule has 2 N–H and O–H groups in total. The van der Waals surface area contributed by atoms with Crippen LogP contribution >= 0.6 is 11.6 Å². The second-order valence-corrected chi connectivity index (χ2v) is 13.4. The zero-order valence-corrected chi connectivity index (χ0v) is 30.1. The Balaban J connectivity index is 1.41. The van der Waals surface area contributed by atoms with Gasteiger partial charge in [-0.25, -0.2) is 9.49 Å². The molecular weight excluding hydrogens is 675 g/mol. The summed E-state index contributed by atoms with van der Waals surface area (Å²) in [5.41, 5.74) is 1.21. The lowest BCUT2D eigenvalue weighted by Crippen LogP contribution is -2.56. The summed E-state index contributed by atoms with van der Waals surface area (Å²) < 4.78 is 26.3. The monoisotopic (exact) mass is 716 g/mol. The SMILES string of the molecule is CCC(CC)(C(=O)OCc1ccccc1)[C@H]1CC[C@@H](c2cc(F)cc(Cl)c2)N1C(=O)[C@@H](C)NC(=O)c1ccc(Oc2cc(C)n[nH]c2=O)c(C)c1. The highest BCUT2D eigenvalue weighted by Crippen LogP contribution is 2.48. The number of hydrogen-bond acceptors (Lipinski definition) is 7. The molecule has 1 aromatic heterocycles. The molecular formula is C39H42ClFN4O6. The standard InChI is InChI=1S/C39H42ClFN4O6/c1-6-39(7-2,38(49)50-22-26-11-9-8-10-12-26)34-16-14-31(28-19-29(40)21-30(41)20-28)45(34)37(48)25(5)42-35(46)27-13-15-32(23(3)17-27)51-33-18-24(4)43-44-36(33)47/h8-13,15,17-21,25,31,34H,6-7,14,16,22H2,1-5H3,(H,42,46)(H,44,47)/t25-,31+,34-/m1/s1. The van der Waals surface area contributed by atoms with Crippen LogP contribution in [0.4, 0.5) is 4.39 Å². The molecule has 1 fully saturated rings. The van der Waals surface area contributed by atoms with Gasteiger partial charge in [-0.15, -0.1) is 0 Å². The maximum atomic E-state index is 14.7. The number of ether oxygens (including phenoxy) is 2. The lowest BCUT2D eigenvalue weighted by molar-refractivity contribution is -0.164. The molecule has 0 radical (unpaired) electrons. The third-order valence-corrected chi connectivity index (χ3v) is 9.92. The molecule has 2 heterocycles. The van der Waals surface area contributed by atoms with E-state index in [1.807, 2.05) is 44.2 Å². The third-order valence-electron chi connectivity index (χ3n) is 9.70. The van der Waals surface area contributed by atoms with Crippen LogP contribution in [0.5, 0.6) is 11.5 Å². The summed E-state index contributed by atoms with van der Waals surface area (Å²) in [5, 5.41) is 9.22. The molecule has 3 aromatic carbocycles. The maximum Gasteiger partial charge on any atom is 0.314 e. The Labute approximate surface area is 301 Å². The van der Waals surface area contributed by atoms with Crippen molar-refractivity contribution in [3.63, 3.8) is 0 Å². The lowest BCUT2D eigenvalue weighted by atomic mass is 9.74. The van der Waals surface area contributed by atoms with Gasteiger partial charge < -0.3 is 19.7 Å². The molecule has 3 atom stereocenters. The molecule has 268 valence electrons. The molecule has 4 aromatic rings. The quantitative estimate of drug-likeness (QED) is 0.146. The molecule has 0 aliphatic carbocycles. The number of likely N-dealkylation sites (tertiary alicyclic amines) is 1. The Hall–Kier alpha value is -5.03. The zero-order valence-electron chi connectivity index (χ0n) is 29.3. The first kappa shape index (κ1) is 37.2. The molecule has 1 aliphatic heterocycles. The minimum atomic E-state index is -1.07.